The van der Waals surface area contributed by atoms with Gasteiger partial charge in [-0.2, -0.15) is 0 Å². The third-order valence-electron chi connectivity index (χ3n) is 9.36. The molecular weight excluding hydrogens is 600 g/mol. The van der Waals surface area contributed by atoms with Crippen LogP contribution in [0.2, 0.25) is 0 Å². The van der Waals surface area contributed by atoms with Crippen LogP contribution in [0.15, 0.2) is 0 Å². The standard InChI is InChI=1S/C42H80O6/c1-4-7-10-13-14-15-16-17-18-19-20-21-22-23-24-25-26-27-30-32-35-41(44)47-38-39(48-42(45)36-33-29-12-9-6-3)37-46-40(43)34-31-28-11-8-5-2/h39H,4-38H2,1-3H3. The molecule has 0 saturated carbocycles. The summed E-state index contributed by atoms with van der Waals surface area (Å²) in [6, 6.07) is 0. The third-order valence-corrected chi connectivity index (χ3v) is 9.36. The van der Waals surface area contributed by atoms with Crippen molar-refractivity contribution in [3.05, 3.63) is 0 Å². The zero-order valence-electron chi connectivity index (χ0n) is 32.3. The van der Waals surface area contributed by atoms with Crippen LogP contribution in [-0.4, -0.2) is 37.2 Å². The van der Waals surface area contributed by atoms with Crippen LogP contribution in [0.5, 0.6) is 0 Å². The Labute approximate surface area is 298 Å². The van der Waals surface area contributed by atoms with Gasteiger partial charge >= 0.3 is 17.9 Å². The van der Waals surface area contributed by atoms with Crippen molar-refractivity contribution in [2.45, 2.75) is 239 Å². The van der Waals surface area contributed by atoms with Gasteiger partial charge in [0, 0.05) is 19.3 Å². The molecule has 0 heterocycles. The quantitative estimate of drug-likeness (QED) is 0.0367. The third kappa shape index (κ3) is 35.7. The summed E-state index contributed by atoms with van der Waals surface area (Å²) in [4.78, 5) is 37.0. The van der Waals surface area contributed by atoms with E-state index in [9.17, 15) is 14.4 Å². The van der Waals surface area contributed by atoms with Crippen LogP contribution in [-0.2, 0) is 28.6 Å². The number of rotatable bonds is 38. The Morgan fingerprint density at radius 2 is 0.562 bits per heavy atom. The first-order valence-electron chi connectivity index (χ1n) is 21.0. The monoisotopic (exact) mass is 681 g/mol. The first-order chi connectivity index (χ1) is 23.5. The summed E-state index contributed by atoms with van der Waals surface area (Å²) in [6.07, 6.45) is 37.3. The summed E-state index contributed by atoms with van der Waals surface area (Å²) in [5.74, 6) is -0.889. The number of carbonyl (C=O) groups excluding carboxylic acids is 3. The Morgan fingerprint density at radius 1 is 0.333 bits per heavy atom. The molecule has 48 heavy (non-hydrogen) atoms. The number of ether oxygens (including phenoxy) is 3. The Kier molecular flexibility index (Phi) is 36.9. The molecule has 0 N–H and O–H groups in total. The summed E-state index contributed by atoms with van der Waals surface area (Å²) < 4.78 is 16.4. The molecule has 0 radical (unpaired) electrons. The first kappa shape index (κ1) is 46.4. The predicted octanol–water partition coefficient (Wildman–Crippen LogP) is 12.9. The highest BCUT2D eigenvalue weighted by Gasteiger charge is 2.19. The molecule has 0 aliphatic heterocycles. The van der Waals surface area contributed by atoms with Crippen molar-refractivity contribution >= 4 is 17.9 Å². The number of esters is 3. The molecule has 1 unspecified atom stereocenters. The molecular formula is C42H80O6. The zero-order chi connectivity index (χ0) is 35.2. The van der Waals surface area contributed by atoms with Crippen LogP contribution in [0.1, 0.15) is 233 Å². The lowest BCUT2D eigenvalue weighted by atomic mass is 10.0. The van der Waals surface area contributed by atoms with E-state index in [4.69, 9.17) is 14.2 Å². The van der Waals surface area contributed by atoms with Gasteiger partial charge in [-0.05, 0) is 19.3 Å². The lowest BCUT2D eigenvalue weighted by Crippen LogP contribution is -2.30. The van der Waals surface area contributed by atoms with Gasteiger partial charge in [-0.1, -0.05) is 194 Å². The topological polar surface area (TPSA) is 78.9 Å². The molecule has 0 aromatic carbocycles. The highest BCUT2D eigenvalue weighted by atomic mass is 16.6. The maximum absolute atomic E-state index is 12.4. The maximum atomic E-state index is 12.4. The molecule has 6 nitrogen and oxygen atoms in total. The van der Waals surface area contributed by atoms with E-state index in [1.54, 1.807) is 0 Å². The summed E-state index contributed by atoms with van der Waals surface area (Å²) in [5.41, 5.74) is 0. The van der Waals surface area contributed by atoms with Crippen LogP contribution in [0.4, 0.5) is 0 Å². The van der Waals surface area contributed by atoms with Crippen LogP contribution in [0, 0.1) is 0 Å². The second-order valence-electron chi connectivity index (χ2n) is 14.3. The van der Waals surface area contributed by atoms with E-state index < -0.39 is 6.10 Å². The van der Waals surface area contributed by atoms with E-state index in [-0.39, 0.29) is 31.1 Å². The van der Waals surface area contributed by atoms with Gasteiger partial charge in [-0.15, -0.1) is 0 Å². The van der Waals surface area contributed by atoms with Gasteiger partial charge in [0.1, 0.15) is 13.2 Å². The summed E-state index contributed by atoms with van der Waals surface area (Å²) >= 11 is 0. The van der Waals surface area contributed by atoms with Crippen molar-refractivity contribution in [3.8, 4) is 0 Å². The number of hydrogen-bond acceptors (Lipinski definition) is 6. The second-order valence-corrected chi connectivity index (χ2v) is 14.3. The van der Waals surface area contributed by atoms with Crippen molar-refractivity contribution in [1.29, 1.82) is 0 Å². The number of unbranched alkanes of at least 4 members (excludes halogenated alkanes) is 27. The van der Waals surface area contributed by atoms with Crippen molar-refractivity contribution in [2.24, 2.45) is 0 Å². The fraction of sp³-hybridized carbons (Fsp3) is 0.929. The fourth-order valence-electron chi connectivity index (χ4n) is 6.15. The minimum absolute atomic E-state index is 0.0661. The maximum Gasteiger partial charge on any atom is 0.306 e. The molecule has 0 fully saturated rings. The largest absolute Gasteiger partial charge is 0.462 e. The van der Waals surface area contributed by atoms with Gasteiger partial charge in [-0.25, -0.2) is 0 Å². The molecule has 0 aromatic heterocycles. The first-order valence-corrected chi connectivity index (χ1v) is 21.0. The number of hydrogen-bond donors (Lipinski definition) is 0. The molecule has 6 heteroatoms. The molecule has 1 atom stereocenters. The van der Waals surface area contributed by atoms with E-state index in [1.165, 1.54) is 122 Å². The van der Waals surface area contributed by atoms with Gasteiger partial charge in [0.05, 0.1) is 0 Å². The van der Waals surface area contributed by atoms with Gasteiger partial charge in [-0.3, -0.25) is 14.4 Å². The van der Waals surface area contributed by atoms with Gasteiger partial charge in [0.15, 0.2) is 6.10 Å². The summed E-state index contributed by atoms with van der Waals surface area (Å²) in [7, 11) is 0. The molecule has 0 bridgehead atoms. The Hall–Kier alpha value is -1.59. The van der Waals surface area contributed by atoms with Crippen LogP contribution < -0.4 is 0 Å². The van der Waals surface area contributed by atoms with Gasteiger partial charge in [0.2, 0.25) is 0 Å². The van der Waals surface area contributed by atoms with Crippen LogP contribution in [0.25, 0.3) is 0 Å². The minimum atomic E-state index is -0.754. The van der Waals surface area contributed by atoms with E-state index in [0.717, 1.165) is 70.6 Å². The summed E-state index contributed by atoms with van der Waals surface area (Å²) in [5, 5.41) is 0. The average molecular weight is 681 g/mol. The van der Waals surface area contributed by atoms with E-state index >= 15 is 0 Å². The molecule has 0 spiro atoms. The molecule has 0 amide bonds. The normalized spacial score (nSPS) is 11.8. The van der Waals surface area contributed by atoms with Crippen LogP contribution >= 0.6 is 0 Å². The van der Waals surface area contributed by atoms with Crippen molar-refractivity contribution < 1.29 is 28.6 Å². The second kappa shape index (κ2) is 38.2. The highest BCUT2D eigenvalue weighted by molar-refractivity contribution is 5.71. The Balaban J connectivity index is 3.94. The predicted molar refractivity (Wildman–Crippen MR) is 201 cm³/mol. The van der Waals surface area contributed by atoms with Crippen molar-refractivity contribution in [1.82, 2.24) is 0 Å². The van der Waals surface area contributed by atoms with E-state index in [0.29, 0.717) is 19.3 Å². The van der Waals surface area contributed by atoms with Crippen LogP contribution in [0.3, 0.4) is 0 Å². The number of carbonyl (C=O) groups is 3. The van der Waals surface area contributed by atoms with E-state index in [2.05, 4.69) is 20.8 Å². The Morgan fingerprint density at radius 3 is 0.833 bits per heavy atom. The minimum Gasteiger partial charge on any atom is -0.462 e. The lowest BCUT2D eigenvalue weighted by molar-refractivity contribution is -0.167. The SMILES string of the molecule is CCCCCCCCCCCCCCCCCCCCCCC(=O)OCC(COC(=O)CCCCCCC)OC(=O)CCCCCCC. The van der Waals surface area contributed by atoms with Gasteiger partial charge in [0.25, 0.3) is 0 Å². The molecule has 0 rings (SSSR count). The van der Waals surface area contributed by atoms with Crippen molar-refractivity contribution in [2.75, 3.05) is 13.2 Å². The Bertz CT molecular complexity index is 708. The highest BCUT2D eigenvalue weighted by Crippen LogP contribution is 2.16. The molecule has 0 aliphatic carbocycles. The molecule has 0 saturated heterocycles. The summed E-state index contributed by atoms with van der Waals surface area (Å²) in [6.45, 7) is 6.47. The van der Waals surface area contributed by atoms with Crippen molar-refractivity contribution in [3.63, 3.8) is 0 Å². The molecule has 0 aromatic rings. The molecule has 284 valence electrons. The smallest absolute Gasteiger partial charge is 0.306 e. The zero-order valence-corrected chi connectivity index (χ0v) is 32.3. The average Bonchev–Trinajstić information content (AvgIpc) is 3.08. The molecule has 0 aliphatic rings. The lowest BCUT2D eigenvalue weighted by Gasteiger charge is -2.18. The van der Waals surface area contributed by atoms with Gasteiger partial charge < -0.3 is 14.2 Å². The van der Waals surface area contributed by atoms with E-state index in [1.807, 2.05) is 0 Å². The fourth-order valence-corrected chi connectivity index (χ4v) is 6.15.